The average molecular weight is 341 g/mol. The van der Waals surface area contributed by atoms with Crippen LogP contribution >= 0.6 is 0 Å². The van der Waals surface area contributed by atoms with E-state index in [-0.39, 0.29) is 28.8 Å². The topological polar surface area (TPSA) is 50.1 Å². The van der Waals surface area contributed by atoms with Crippen molar-refractivity contribution in [2.24, 2.45) is 34.5 Å². The lowest BCUT2D eigenvalue weighted by atomic mass is 9.47. The molecule has 136 valence electrons. The number of nitrogens with zero attached hydrogens (tertiary/aromatic N) is 1. The van der Waals surface area contributed by atoms with Crippen LogP contribution in [0.15, 0.2) is 11.6 Å². The first kappa shape index (κ1) is 17.1. The van der Waals surface area contributed by atoms with Gasteiger partial charge in [0, 0.05) is 13.3 Å². The van der Waals surface area contributed by atoms with E-state index in [2.05, 4.69) is 26.0 Å². The van der Waals surface area contributed by atoms with Crippen LogP contribution in [0.5, 0.6) is 0 Å². The molecule has 0 unspecified atom stereocenters. The molecule has 0 amide bonds. The van der Waals surface area contributed by atoms with Crippen LogP contribution in [0.3, 0.4) is 0 Å². The number of allylic oxidation sites excluding steroid dienone is 1. The minimum Gasteiger partial charge on any atom is -0.462 e. The van der Waals surface area contributed by atoms with Gasteiger partial charge in [0.25, 0.3) is 0 Å². The first-order valence-corrected chi connectivity index (χ1v) is 10.1. The van der Waals surface area contributed by atoms with Crippen LogP contribution in [0, 0.1) is 45.8 Å². The van der Waals surface area contributed by atoms with Gasteiger partial charge in [-0.15, -0.1) is 0 Å². The molecule has 3 nitrogen and oxygen atoms in total. The third-order valence-corrected chi connectivity index (χ3v) is 8.55. The van der Waals surface area contributed by atoms with Crippen molar-refractivity contribution in [1.82, 2.24) is 0 Å². The second-order valence-electron chi connectivity index (χ2n) is 9.54. The number of hydrogen-bond acceptors (Lipinski definition) is 3. The van der Waals surface area contributed by atoms with E-state index in [4.69, 9.17) is 4.74 Å². The molecule has 4 aliphatic carbocycles. The van der Waals surface area contributed by atoms with Gasteiger partial charge in [0.2, 0.25) is 0 Å². The van der Waals surface area contributed by atoms with E-state index in [1.54, 1.807) is 5.57 Å². The molecule has 0 aromatic carbocycles. The Bertz CT molecular complexity index is 647. The van der Waals surface area contributed by atoms with E-state index >= 15 is 0 Å². The van der Waals surface area contributed by atoms with E-state index in [1.165, 1.54) is 32.6 Å². The summed E-state index contributed by atoms with van der Waals surface area (Å²) in [6, 6.07) is 2.63. The molecule has 3 saturated carbocycles. The summed E-state index contributed by atoms with van der Waals surface area (Å²) in [5.41, 5.74) is 2.07. The highest BCUT2D eigenvalue weighted by molar-refractivity contribution is 5.66. The van der Waals surface area contributed by atoms with Crippen LogP contribution in [0.25, 0.3) is 0 Å². The maximum Gasteiger partial charge on any atom is 0.302 e. The summed E-state index contributed by atoms with van der Waals surface area (Å²) in [4.78, 5) is 11.3. The van der Waals surface area contributed by atoms with E-state index in [9.17, 15) is 10.1 Å². The zero-order chi connectivity index (χ0) is 17.8. The number of hydrogen-bond donors (Lipinski definition) is 0. The van der Waals surface area contributed by atoms with Crippen molar-refractivity contribution in [3.8, 4) is 6.07 Å². The highest BCUT2D eigenvalue weighted by Crippen LogP contribution is 2.66. The number of carbonyl (C=O) groups excluding carboxylic acids is 1. The van der Waals surface area contributed by atoms with Gasteiger partial charge in [-0.1, -0.05) is 25.5 Å². The lowest BCUT2D eigenvalue weighted by Crippen LogP contribution is -2.50. The summed E-state index contributed by atoms with van der Waals surface area (Å²) < 4.78 is 5.52. The molecule has 4 aliphatic rings. The van der Waals surface area contributed by atoms with Gasteiger partial charge in [-0.2, -0.15) is 5.26 Å². The molecule has 0 saturated heterocycles. The molecule has 0 aliphatic heterocycles. The zero-order valence-corrected chi connectivity index (χ0v) is 15.9. The molecule has 0 bridgehead atoms. The monoisotopic (exact) mass is 341 g/mol. The average Bonchev–Trinajstić information content (AvgIpc) is 2.91. The third-order valence-electron chi connectivity index (χ3n) is 8.55. The van der Waals surface area contributed by atoms with Crippen LogP contribution in [0.1, 0.15) is 72.1 Å². The first-order valence-electron chi connectivity index (χ1n) is 10.1. The molecule has 4 rings (SSSR count). The van der Waals surface area contributed by atoms with Crippen LogP contribution in [0.2, 0.25) is 0 Å². The van der Waals surface area contributed by atoms with Gasteiger partial charge >= 0.3 is 5.97 Å². The molecule has 0 spiro atoms. The fraction of sp³-hybridized carbons (Fsp3) is 0.818. The van der Waals surface area contributed by atoms with Gasteiger partial charge in [-0.25, -0.2) is 0 Å². The van der Waals surface area contributed by atoms with E-state index in [1.807, 2.05) is 0 Å². The Morgan fingerprint density at radius 2 is 2.00 bits per heavy atom. The van der Waals surface area contributed by atoms with Gasteiger partial charge < -0.3 is 4.74 Å². The van der Waals surface area contributed by atoms with Crippen LogP contribution in [0.4, 0.5) is 0 Å². The molecule has 0 aromatic rings. The van der Waals surface area contributed by atoms with Gasteiger partial charge in [0.15, 0.2) is 0 Å². The minimum atomic E-state index is -0.148. The van der Waals surface area contributed by atoms with Crippen LogP contribution in [-0.4, -0.2) is 12.1 Å². The van der Waals surface area contributed by atoms with Gasteiger partial charge in [-0.05, 0) is 73.5 Å². The SMILES string of the molecule is CC(=O)O[C@H]1CC[C@@]2(C)C(=CC[C@H]3[C@@H]4CC[C@H](C#N)[C@@]4(C)CC[C@@H]32)C1. The summed E-state index contributed by atoms with van der Waals surface area (Å²) in [5, 5.41) is 9.60. The van der Waals surface area contributed by atoms with E-state index in [0.29, 0.717) is 0 Å². The second kappa shape index (κ2) is 5.86. The number of ether oxygens (including phenoxy) is 1. The van der Waals surface area contributed by atoms with Crippen molar-refractivity contribution in [1.29, 1.82) is 5.26 Å². The van der Waals surface area contributed by atoms with Gasteiger partial charge in [0.05, 0.1) is 12.0 Å². The number of esters is 1. The Kier molecular flexibility index (Phi) is 4.02. The minimum absolute atomic E-state index is 0.0803. The normalized spacial score (nSPS) is 48.4. The van der Waals surface area contributed by atoms with Crippen molar-refractivity contribution in [2.45, 2.75) is 78.2 Å². The summed E-state index contributed by atoms with van der Waals surface area (Å²) in [6.45, 7) is 6.39. The number of fused-ring (bicyclic) bond motifs is 5. The first-order chi connectivity index (χ1) is 11.9. The Morgan fingerprint density at radius 1 is 1.20 bits per heavy atom. The van der Waals surface area contributed by atoms with Crippen molar-refractivity contribution in [3.05, 3.63) is 11.6 Å². The van der Waals surface area contributed by atoms with Crippen molar-refractivity contribution in [2.75, 3.05) is 0 Å². The Labute approximate surface area is 151 Å². The summed E-state index contributed by atoms with van der Waals surface area (Å²) >= 11 is 0. The molecule has 0 aromatic heterocycles. The zero-order valence-electron chi connectivity index (χ0n) is 15.9. The fourth-order valence-electron chi connectivity index (χ4n) is 7.18. The molecule has 3 heteroatoms. The molecule has 7 atom stereocenters. The molecular formula is C22H31NO2. The highest BCUT2D eigenvalue weighted by Gasteiger charge is 2.58. The van der Waals surface area contributed by atoms with Crippen molar-refractivity contribution >= 4 is 5.97 Å². The molecule has 0 N–H and O–H groups in total. The number of nitriles is 1. The third kappa shape index (κ3) is 2.47. The standard InChI is InChI=1S/C22H31NO2/c1-14(24)25-17-8-10-21(2)15(12-17)4-6-18-19-7-5-16(13-23)22(19,3)11-9-20(18)21/h4,16-20H,5-12H2,1-3H3/t16-,17+,18+,19+,20+,21+,22-/m1/s1. The molecule has 3 fully saturated rings. The Balaban J connectivity index is 1.59. The highest BCUT2D eigenvalue weighted by atomic mass is 16.5. The van der Waals surface area contributed by atoms with Gasteiger partial charge in [-0.3, -0.25) is 4.79 Å². The van der Waals surface area contributed by atoms with Crippen LogP contribution in [-0.2, 0) is 9.53 Å². The molecule has 0 heterocycles. The number of rotatable bonds is 1. The van der Waals surface area contributed by atoms with Crippen molar-refractivity contribution < 1.29 is 9.53 Å². The number of carbonyl (C=O) groups is 1. The van der Waals surface area contributed by atoms with Gasteiger partial charge in [0.1, 0.15) is 6.10 Å². The smallest absolute Gasteiger partial charge is 0.302 e. The van der Waals surface area contributed by atoms with E-state index in [0.717, 1.165) is 43.4 Å². The molecular weight excluding hydrogens is 310 g/mol. The van der Waals surface area contributed by atoms with Crippen LogP contribution < -0.4 is 0 Å². The second-order valence-corrected chi connectivity index (χ2v) is 9.54. The lowest BCUT2D eigenvalue weighted by molar-refractivity contribution is -0.148. The van der Waals surface area contributed by atoms with E-state index < -0.39 is 0 Å². The Morgan fingerprint density at radius 3 is 2.72 bits per heavy atom. The molecule has 25 heavy (non-hydrogen) atoms. The fourth-order valence-corrected chi connectivity index (χ4v) is 7.18. The summed E-state index contributed by atoms with van der Waals surface area (Å²) in [5.74, 6) is 2.33. The largest absolute Gasteiger partial charge is 0.462 e. The van der Waals surface area contributed by atoms with Crippen molar-refractivity contribution in [3.63, 3.8) is 0 Å². The lowest BCUT2D eigenvalue weighted by Gasteiger charge is -2.57. The quantitative estimate of drug-likeness (QED) is 0.497. The predicted molar refractivity (Wildman–Crippen MR) is 96.4 cm³/mol. The summed E-state index contributed by atoms with van der Waals surface area (Å²) in [7, 11) is 0. The maximum atomic E-state index is 11.3. The maximum absolute atomic E-state index is 11.3. The summed E-state index contributed by atoms with van der Waals surface area (Å²) in [6.07, 6.45) is 11.6. The molecule has 0 radical (unpaired) electrons. The Hall–Kier alpha value is -1.30. The predicted octanol–water partition coefficient (Wildman–Crippen LogP) is 5.02.